The predicted octanol–water partition coefficient (Wildman–Crippen LogP) is -0.512. The van der Waals surface area contributed by atoms with E-state index in [1.165, 1.54) is 7.11 Å². The maximum absolute atomic E-state index is 8.50. The second-order valence-corrected chi connectivity index (χ2v) is 4.02. The van der Waals surface area contributed by atoms with Crippen LogP contribution >= 0.6 is 0 Å². The van der Waals surface area contributed by atoms with Gasteiger partial charge in [0.2, 0.25) is 17.7 Å². The number of aromatic nitrogens is 2. The summed E-state index contributed by atoms with van der Waals surface area (Å²) in [6.07, 6.45) is 0. The largest absolute Gasteiger partial charge is 0.481 e. The van der Waals surface area contributed by atoms with Gasteiger partial charge in [0.25, 0.3) is 0 Å². The molecule has 0 bridgehead atoms. The Kier molecular flexibility index (Phi) is 9.96. The zero-order chi connectivity index (χ0) is 16.0. The van der Waals surface area contributed by atoms with Gasteiger partial charge in [-0.25, -0.2) is 0 Å². The number of hydrogen-bond acceptors (Lipinski definition) is 9. The lowest BCUT2D eigenvalue weighted by atomic mass is 10.6. The van der Waals surface area contributed by atoms with Crippen molar-refractivity contribution in [2.45, 2.75) is 0 Å². The number of anilines is 1. The Morgan fingerprint density at radius 1 is 0.909 bits per heavy atom. The standard InChI is InChI=1S/C13H23N3O6/c1-18-11-10-12(16-13(14)15-11)22-9-8-21-7-6-20-5-4-19-3-2-17/h10,17H,2-9H2,1H3,(H2,14,15,16). The van der Waals surface area contributed by atoms with Crippen LogP contribution in [0.5, 0.6) is 11.8 Å². The van der Waals surface area contributed by atoms with Crippen LogP contribution in [0.2, 0.25) is 0 Å². The molecule has 0 saturated heterocycles. The number of nitrogens with two attached hydrogens (primary N) is 1. The molecule has 0 radical (unpaired) electrons. The van der Waals surface area contributed by atoms with Crippen LogP contribution in [0.3, 0.4) is 0 Å². The van der Waals surface area contributed by atoms with Crippen LogP contribution in [0.25, 0.3) is 0 Å². The summed E-state index contributed by atoms with van der Waals surface area (Å²) in [5, 5.41) is 8.50. The van der Waals surface area contributed by atoms with Crippen LogP contribution in [0, 0.1) is 0 Å². The molecule has 9 nitrogen and oxygen atoms in total. The van der Waals surface area contributed by atoms with Gasteiger partial charge in [-0.3, -0.25) is 0 Å². The summed E-state index contributed by atoms with van der Waals surface area (Å²) >= 11 is 0. The molecule has 0 amide bonds. The molecular weight excluding hydrogens is 294 g/mol. The lowest BCUT2D eigenvalue weighted by molar-refractivity contribution is 0.00341. The first-order valence-corrected chi connectivity index (χ1v) is 6.91. The second kappa shape index (κ2) is 11.9. The number of ether oxygens (including phenoxy) is 5. The molecule has 3 N–H and O–H groups in total. The fourth-order valence-electron chi connectivity index (χ4n) is 1.41. The summed E-state index contributed by atoms with van der Waals surface area (Å²) in [5.41, 5.74) is 5.51. The van der Waals surface area contributed by atoms with Gasteiger partial charge in [-0.05, 0) is 0 Å². The SMILES string of the molecule is COc1cc(OCCOCCOCCOCCO)nc(N)n1. The lowest BCUT2D eigenvalue weighted by Crippen LogP contribution is -2.13. The molecule has 9 heteroatoms. The number of rotatable bonds is 13. The summed E-state index contributed by atoms with van der Waals surface area (Å²) in [5.74, 6) is 0.776. The van der Waals surface area contributed by atoms with Crippen molar-refractivity contribution < 1.29 is 28.8 Å². The van der Waals surface area contributed by atoms with Gasteiger partial charge in [-0.15, -0.1) is 0 Å². The van der Waals surface area contributed by atoms with E-state index in [4.69, 9.17) is 34.5 Å². The molecule has 0 atom stereocenters. The summed E-state index contributed by atoms with van der Waals surface area (Å²) < 4.78 is 26.0. The molecule has 1 aromatic heterocycles. The van der Waals surface area contributed by atoms with Crippen LogP contribution < -0.4 is 15.2 Å². The maximum Gasteiger partial charge on any atom is 0.226 e. The number of aliphatic hydroxyl groups excluding tert-OH is 1. The van der Waals surface area contributed by atoms with E-state index in [1.807, 2.05) is 0 Å². The maximum atomic E-state index is 8.50. The highest BCUT2D eigenvalue weighted by atomic mass is 16.6. The van der Waals surface area contributed by atoms with Crippen molar-refractivity contribution in [3.8, 4) is 11.8 Å². The Labute approximate surface area is 129 Å². The molecule has 1 rings (SSSR count). The first kappa shape index (κ1) is 18.4. The Hall–Kier alpha value is -1.68. The molecule has 0 aliphatic heterocycles. The van der Waals surface area contributed by atoms with E-state index in [0.29, 0.717) is 58.0 Å². The number of methoxy groups -OCH3 is 1. The quantitative estimate of drug-likeness (QED) is 0.463. The van der Waals surface area contributed by atoms with Crippen molar-refractivity contribution in [2.75, 3.05) is 65.7 Å². The Bertz CT molecular complexity index is 407. The van der Waals surface area contributed by atoms with Crippen LogP contribution in [0.1, 0.15) is 0 Å². The molecule has 22 heavy (non-hydrogen) atoms. The van der Waals surface area contributed by atoms with Gasteiger partial charge in [-0.1, -0.05) is 0 Å². The molecule has 0 fully saturated rings. The minimum atomic E-state index is 0.0208. The van der Waals surface area contributed by atoms with Crippen molar-refractivity contribution >= 4 is 5.95 Å². The average molecular weight is 317 g/mol. The van der Waals surface area contributed by atoms with E-state index >= 15 is 0 Å². The van der Waals surface area contributed by atoms with Gasteiger partial charge >= 0.3 is 0 Å². The first-order chi connectivity index (χ1) is 10.8. The predicted molar refractivity (Wildman–Crippen MR) is 78.0 cm³/mol. The molecule has 0 spiro atoms. The smallest absolute Gasteiger partial charge is 0.226 e. The highest BCUT2D eigenvalue weighted by molar-refractivity contribution is 5.29. The summed E-state index contributed by atoms with van der Waals surface area (Å²) in [7, 11) is 1.49. The Morgan fingerprint density at radius 3 is 2.05 bits per heavy atom. The van der Waals surface area contributed by atoms with Crippen LogP contribution in [-0.2, 0) is 14.2 Å². The van der Waals surface area contributed by atoms with Crippen LogP contribution in [0.15, 0.2) is 6.07 Å². The van der Waals surface area contributed by atoms with E-state index < -0.39 is 0 Å². The first-order valence-electron chi connectivity index (χ1n) is 6.91. The van der Waals surface area contributed by atoms with E-state index in [9.17, 15) is 0 Å². The van der Waals surface area contributed by atoms with Gasteiger partial charge < -0.3 is 34.5 Å². The third kappa shape index (κ3) is 8.57. The molecule has 0 saturated carbocycles. The summed E-state index contributed by atoms with van der Waals surface area (Å²) in [6, 6.07) is 1.55. The lowest BCUT2D eigenvalue weighted by Gasteiger charge is -2.08. The highest BCUT2D eigenvalue weighted by Crippen LogP contribution is 2.15. The summed E-state index contributed by atoms with van der Waals surface area (Å²) in [4.78, 5) is 7.77. The number of nitrogen functional groups attached to an aromatic ring is 1. The van der Waals surface area contributed by atoms with E-state index in [2.05, 4.69) is 9.97 Å². The molecule has 0 unspecified atom stereocenters. The average Bonchev–Trinajstić information content (AvgIpc) is 2.52. The van der Waals surface area contributed by atoms with E-state index in [-0.39, 0.29) is 12.6 Å². The van der Waals surface area contributed by atoms with Crippen LogP contribution in [-0.4, -0.2) is 75.0 Å². The molecule has 0 aromatic carbocycles. The topological polar surface area (TPSA) is 118 Å². The van der Waals surface area contributed by atoms with Crippen molar-refractivity contribution in [3.05, 3.63) is 6.07 Å². The number of hydrogen-bond donors (Lipinski definition) is 2. The van der Waals surface area contributed by atoms with Gasteiger partial charge in [0.1, 0.15) is 6.61 Å². The third-order valence-electron chi connectivity index (χ3n) is 2.36. The zero-order valence-corrected chi connectivity index (χ0v) is 12.7. The van der Waals surface area contributed by atoms with Gasteiger partial charge in [0.15, 0.2) is 0 Å². The highest BCUT2D eigenvalue weighted by Gasteiger charge is 2.03. The van der Waals surface area contributed by atoms with Crippen molar-refractivity contribution in [1.82, 2.24) is 9.97 Å². The minimum absolute atomic E-state index is 0.0208. The van der Waals surface area contributed by atoms with Gasteiger partial charge in [0, 0.05) is 0 Å². The number of aliphatic hydroxyl groups is 1. The normalized spacial score (nSPS) is 10.6. The number of nitrogens with zero attached hydrogens (tertiary/aromatic N) is 2. The third-order valence-corrected chi connectivity index (χ3v) is 2.36. The van der Waals surface area contributed by atoms with Gasteiger partial charge in [0.05, 0.1) is 59.4 Å². The Balaban J connectivity index is 1.98. The Morgan fingerprint density at radius 2 is 1.45 bits per heavy atom. The minimum Gasteiger partial charge on any atom is -0.481 e. The molecule has 126 valence electrons. The van der Waals surface area contributed by atoms with Crippen molar-refractivity contribution in [3.63, 3.8) is 0 Å². The molecule has 0 aliphatic rings. The van der Waals surface area contributed by atoms with Crippen molar-refractivity contribution in [2.24, 2.45) is 0 Å². The fraction of sp³-hybridized carbons (Fsp3) is 0.692. The second-order valence-electron chi connectivity index (χ2n) is 4.02. The van der Waals surface area contributed by atoms with Crippen molar-refractivity contribution in [1.29, 1.82) is 0 Å². The molecular formula is C13H23N3O6. The zero-order valence-electron chi connectivity index (χ0n) is 12.7. The molecule has 1 heterocycles. The van der Waals surface area contributed by atoms with E-state index in [1.54, 1.807) is 6.07 Å². The molecule has 1 aromatic rings. The monoisotopic (exact) mass is 317 g/mol. The van der Waals surface area contributed by atoms with Crippen LogP contribution in [0.4, 0.5) is 5.95 Å². The molecule has 0 aliphatic carbocycles. The van der Waals surface area contributed by atoms with E-state index in [0.717, 1.165) is 0 Å². The summed E-state index contributed by atoms with van der Waals surface area (Å²) in [6.45, 7) is 2.94. The fourth-order valence-corrected chi connectivity index (χ4v) is 1.41. The van der Waals surface area contributed by atoms with Gasteiger partial charge in [-0.2, -0.15) is 9.97 Å².